The quantitative estimate of drug-likeness (QED) is 0.667. The van der Waals surface area contributed by atoms with Crippen LogP contribution in [0.1, 0.15) is 25.7 Å². The van der Waals surface area contributed by atoms with Gasteiger partial charge in [-0.05, 0) is 25.3 Å². The van der Waals surface area contributed by atoms with Crippen LogP contribution in [0.2, 0.25) is 0 Å². The second kappa shape index (κ2) is 5.69. The number of non-ortho nitro benzene ring substituents is 1. The number of piperidine rings is 1. The summed E-state index contributed by atoms with van der Waals surface area (Å²) in [5, 5.41) is 19.7. The van der Waals surface area contributed by atoms with E-state index in [1.54, 1.807) is 12.1 Å². The number of nitro benzene ring substituents is 1. The molecule has 1 aromatic carbocycles. The average Bonchev–Trinajstić information content (AvgIpc) is 2.39. The minimum atomic E-state index is -0.831. The summed E-state index contributed by atoms with van der Waals surface area (Å²) >= 11 is 0. The maximum absolute atomic E-state index is 10.9. The van der Waals surface area contributed by atoms with Gasteiger partial charge in [0.1, 0.15) is 0 Å². The molecule has 1 aromatic rings. The molecule has 6 nitrogen and oxygen atoms in total. The number of anilines is 1. The summed E-state index contributed by atoms with van der Waals surface area (Å²) in [5.74, 6) is -0.831. The molecular formula is C13H16N2O4. The summed E-state index contributed by atoms with van der Waals surface area (Å²) in [7, 11) is 0. The zero-order chi connectivity index (χ0) is 13.8. The average molecular weight is 264 g/mol. The van der Waals surface area contributed by atoms with Crippen LogP contribution in [0.3, 0.4) is 0 Å². The zero-order valence-electron chi connectivity index (χ0n) is 10.5. The van der Waals surface area contributed by atoms with Gasteiger partial charge in [-0.2, -0.15) is 0 Å². The van der Waals surface area contributed by atoms with Gasteiger partial charge in [0, 0.05) is 30.4 Å². The molecule has 0 aliphatic carbocycles. The third-order valence-corrected chi connectivity index (χ3v) is 3.41. The molecular weight excluding hydrogens is 248 g/mol. The summed E-state index contributed by atoms with van der Waals surface area (Å²) in [5.41, 5.74) is 0.775. The van der Waals surface area contributed by atoms with Gasteiger partial charge >= 0.3 is 5.97 Å². The predicted molar refractivity (Wildman–Crippen MR) is 70.3 cm³/mol. The van der Waals surface area contributed by atoms with E-state index in [0.717, 1.165) is 31.5 Å². The summed E-state index contributed by atoms with van der Waals surface area (Å²) in [6.07, 6.45) is 2.87. The zero-order valence-corrected chi connectivity index (χ0v) is 10.5. The molecule has 1 aliphatic rings. The topological polar surface area (TPSA) is 83.7 Å². The van der Waals surface area contributed by atoms with Crippen molar-refractivity contribution in [3.63, 3.8) is 0 Å². The van der Waals surface area contributed by atoms with Gasteiger partial charge in [0.2, 0.25) is 0 Å². The first-order valence-corrected chi connectivity index (χ1v) is 6.31. The number of nitrogens with zero attached hydrogens (tertiary/aromatic N) is 2. The fraction of sp³-hybridized carbons (Fsp3) is 0.462. The third-order valence-electron chi connectivity index (χ3n) is 3.41. The first-order valence-electron chi connectivity index (χ1n) is 6.31. The number of nitro groups is 1. The number of hydrogen-bond donors (Lipinski definition) is 1. The Morgan fingerprint density at radius 2 is 2.26 bits per heavy atom. The van der Waals surface area contributed by atoms with E-state index in [-0.39, 0.29) is 18.2 Å². The molecule has 0 radical (unpaired) electrons. The number of hydrogen-bond acceptors (Lipinski definition) is 4. The number of carboxylic acid groups (broad SMARTS) is 1. The molecule has 6 heteroatoms. The highest BCUT2D eigenvalue weighted by Gasteiger charge is 2.25. The second-order valence-corrected chi connectivity index (χ2v) is 4.72. The van der Waals surface area contributed by atoms with Crippen LogP contribution in [0.15, 0.2) is 24.3 Å². The molecule has 0 saturated carbocycles. The van der Waals surface area contributed by atoms with Crippen molar-refractivity contribution in [3.05, 3.63) is 34.4 Å². The van der Waals surface area contributed by atoms with Crippen LogP contribution < -0.4 is 4.90 Å². The molecule has 0 spiro atoms. The maximum atomic E-state index is 10.9. The molecule has 0 bridgehead atoms. The largest absolute Gasteiger partial charge is 0.481 e. The Bertz CT molecular complexity index is 489. The van der Waals surface area contributed by atoms with E-state index in [2.05, 4.69) is 0 Å². The lowest BCUT2D eigenvalue weighted by atomic mass is 9.98. The van der Waals surface area contributed by atoms with Gasteiger partial charge in [-0.25, -0.2) is 0 Å². The van der Waals surface area contributed by atoms with E-state index in [1.807, 2.05) is 4.90 Å². The number of carboxylic acids is 1. The summed E-state index contributed by atoms with van der Waals surface area (Å²) in [6.45, 7) is 0.749. The van der Waals surface area contributed by atoms with Crippen LogP contribution >= 0.6 is 0 Å². The molecule has 0 aromatic heterocycles. The molecule has 1 unspecified atom stereocenters. The minimum absolute atomic E-state index is 0.0390. The highest BCUT2D eigenvalue weighted by Crippen LogP contribution is 2.28. The number of rotatable bonds is 4. The highest BCUT2D eigenvalue weighted by atomic mass is 16.6. The molecule has 1 heterocycles. The van der Waals surface area contributed by atoms with Crippen molar-refractivity contribution >= 4 is 17.3 Å². The Labute approximate surface area is 110 Å². The fourth-order valence-electron chi connectivity index (χ4n) is 2.54. The van der Waals surface area contributed by atoms with Crippen molar-refractivity contribution in [3.8, 4) is 0 Å². The SMILES string of the molecule is O=C(O)CC1CCCCN1c1cccc([N+](=O)[O-])c1. The standard InChI is InChI=1S/C13H16N2O4/c16-13(17)9-11-4-1-2-7-14(11)10-5-3-6-12(8-10)15(18)19/h3,5-6,8,11H,1-2,4,7,9H2,(H,16,17). The number of carbonyl (C=O) groups is 1. The van der Waals surface area contributed by atoms with Crippen molar-refractivity contribution < 1.29 is 14.8 Å². The molecule has 1 fully saturated rings. The molecule has 19 heavy (non-hydrogen) atoms. The second-order valence-electron chi connectivity index (χ2n) is 4.72. The van der Waals surface area contributed by atoms with Crippen LogP contribution in [-0.2, 0) is 4.79 Å². The first-order chi connectivity index (χ1) is 9.08. The molecule has 102 valence electrons. The van der Waals surface area contributed by atoms with E-state index in [0.29, 0.717) is 0 Å². The van der Waals surface area contributed by atoms with E-state index in [9.17, 15) is 14.9 Å². The third kappa shape index (κ3) is 3.21. The Morgan fingerprint density at radius 1 is 1.47 bits per heavy atom. The van der Waals surface area contributed by atoms with Crippen molar-refractivity contribution in [2.45, 2.75) is 31.7 Å². The Balaban J connectivity index is 2.24. The predicted octanol–water partition coefficient (Wildman–Crippen LogP) is 2.43. The Morgan fingerprint density at radius 3 is 2.95 bits per heavy atom. The maximum Gasteiger partial charge on any atom is 0.305 e. The van der Waals surface area contributed by atoms with Crippen LogP contribution in [0.4, 0.5) is 11.4 Å². The van der Waals surface area contributed by atoms with Crippen molar-refractivity contribution in [2.75, 3.05) is 11.4 Å². The van der Waals surface area contributed by atoms with Gasteiger partial charge in [-0.1, -0.05) is 6.07 Å². The highest BCUT2D eigenvalue weighted by molar-refractivity contribution is 5.69. The molecule has 1 aliphatic heterocycles. The van der Waals surface area contributed by atoms with Crippen molar-refractivity contribution in [1.29, 1.82) is 0 Å². The van der Waals surface area contributed by atoms with Gasteiger partial charge in [-0.3, -0.25) is 14.9 Å². The molecule has 1 atom stereocenters. The van der Waals surface area contributed by atoms with Gasteiger partial charge in [-0.15, -0.1) is 0 Å². The first kappa shape index (κ1) is 13.3. The monoisotopic (exact) mass is 264 g/mol. The lowest BCUT2D eigenvalue weighted by Crippen LogP contribution is -2.40. The van der Waals surface area contributed by atoms with Crippen LogP contribution in [0.25, 0.3) is 0 Å². The Hall–Kier alpha value is -2.11. The summed E-state index contributed by atoms with van der Waals surface area (Å²) in [4.78, 5) is 23.2. The van der Waals surface area contributed by atoms with Crippen LogP contribution in [-0.4, -0.2) is 28.6 Å². The van der Waals surface area contributed by atoms with Gasteiger partial charge in [0.25, 0.3) is 5.69 Å². The van der Waals surface area contributed by atoms with Gasteiger partial charge < -0.3 is 10.0 Å². The van der Waals surface area contributed by atoms with E-state index >= 15 is 0 Å². The smallest absolute Gasteiger partial charge is 0.305 e. The number of aliphatic carboxylic acids is 1. The normalized spacial score (nSPS) is 19.2. The van der Waals surface area contributed by atoms with Gasteiger partial charge in [0.15, 0.2) is 0 Å². The lowest BCUT2D eigenvalue weighted by molar-refractivity contribution is -0.384. The summed E-state index contributed by atoms with van der Waals surface area (Å²) in [6, 6.07) is 6.32. The van der Waals surface area contributed by atoms with Gasteiger partial charge in [0.05, 0.1) is 11.3 Å². The van der Waals surface area contributed by atoms with E-state index in [4.69, 9.17) is 5.11 Å². The molecule has 2 rings (SSSR count). The number of benzene rings is 1. The minimum Gasteiger partial charge on any atom is -0.481 e. The van der Waals surface area contributed by atoms with Crippen molar-refractivity contribution in [1.82, 2.24) is 0 Å². The molecule has 1 saturated heterocycles. The van der Waals surface area contributed by atoms with Crippen LogP contribution in [0.5, 0.6) is 0 Å². The fourth-order valence-corrected chi connectivity index (χ4v) is 2.54. The van der Waals surface area contributed by atoms with E-state index < -0.39 is 10.9 Å². The van der Waals surface area contributed by atoms with E-state index in [1.165, 1.54) is 12.1 Å². The van der Waals surface area contributed by atoms with Crippen LogP contribution in [0, 0.1) is 10.1 Å². The summed E-state index contributed by atoms with van der Waals surface area (Å²) < 4.78 is 0. The molecule has 1 N–H and O–H groups in total. The van der Waals surface area contributed by atoms with Crippen molar-refractivity contribution in [2.24, 2.45) is 0 Å². The molecule has 0 amide bonds. The Kier molecular flexibility index (Phi) is 3.99. The lowest BCUT2D eigenvalue weighted by Gasteiger charge is -2.36.